The molecule has 0 saturated carbocycles. The highest BCUT2D eigenvalue weighted by atomic mass is 16.6. The maximum atomic E-state index is 12.5. The zero-order chi connectivity index (χ0) is 17.6. The normalized spacial score (nSPS) is 18.0. The van der Waals surface area contributed by atoms with Gasteiger partial charge in [-0.2, -0.15) is 0 Å². The lowest BCUT2D eigenvalue weighted by molar-refractivity contribution is -0.137. The molecule has 0 bridgehead atoms. The van der Waals surface area contributed by atoms with Gasteiger partial charge in [-0.1, -0.05) is 18.2 Å². The quantitative estimate of drug-likeness (QED) is 0.837. The number of nitrogens with zero attached hydrogens (tertiary/aromatic N) is 3. The Kier molecular flexibility index (Phi) is 3.71. The molecule has 2 aliphatic rings. The first-order chi connectivity index (χ1) is 12.0. The Bertz CT molecular complexity index is 850. The first-order valence-corrected chi connectivity index (χ1v) is 8.31. The Morgan fingerprint density at radius 3 is 2.72 bits per heavy atom. The van der Waals surface area contributed by atoms with Crippen molar-refractivity contribution in [2.75, 3.05) is 26.2 Å². The average molecular weight is 341 g/mol. The minimum absolute atomic E-state index is 0.0722. The summed E-state index contributed by atoms with van der Waals surface area (Å²) >= 11 is 0. The Labute approximate surface area is 144 Å². The second-order valence-electron chi connectivity index (χ2n) is 6.68. The molecule has 7 nitrogen and oxygen atoms in total. The van der Waals surface area contributed by atoms with E-state index in [2.05, 4.69) is 0 Å². The van der Waals surface area contributed by atoms with Crippen LogP contribution in [0.5, 0.6) is 0 Å². The largest absolute Gasteiger partial charge is 0.439 e. The van der Waals surface area contributed by atoms with E-state index in [0.29, 0.717) is 26.1 Å². The number of para-hydroxylation sites is 1. The van der Waals surface area contributed by atoms with Gasteiger partial charge in [-0.3, -0.25) is 9.59 Å². The van der Waals surface area contributed by atoms with Crippen LogP contribution < -0.4 is 0 Å². The number of carbonyl (C=O) groups excluding carboxylic acids is 3. The van der Waals surface area contributed by atoms with Crippen molar-refractivity contribution >= 4 is 28.8 Å². The van der Waals surface area contributed by atoms with Crippen LogP contribution in [0.3, 0.4) is 0 Å². The predicted molar refractivity (Wildman–Crippen MR) is 89.8 cm³/mol. The summed E-state index contributed by atoms with van der Waals surface area (Å²) in [6.45, 7) is 1.30. The van der Waals surface area contributed by atoms with Crippen LogP contribution in [0.2, 0.25) is 0 Å². The van der Waals surface area contributed by atoms with Gasteiger partial charge in [0.1, 0.15) is 0 Å². The Hall–Kier alpha value is -2.83. The number of hydrogen-bond donors (Lipinski definition) is 0. The Morgan fingerprint density at radius 2 is 2.00 bits per heavy atom. The minimum atomic E-state index is -0.578. The number of rotatable bonds is 4. The maximum absolute atomic E-state index is 12.5. The van der Waals surface area contributed by atoms with Gasteiger partial charge in [-0.25, -0.2) is 9.69 Å². The molecule has 0 unspecified atom stereocenters. The van der Waals surface area contributed by atoms with Crippen LogP contribution in [0.25, 0.3) is 10.9 Å². The number of imide groups is 1. The summed E-state index contributed by atoms with van der Waals surface area (Å²) in [6, 6.07) is 8.03. The minimum Gasteiger partial charge on any atom is -0.439 e. The fourth-order valence-electron chi connectivity index (χ4n) is 3.55. The van der Waals surface area contributed by atoms with Gasteiger partial charge in [0.15, 0.2) is 6.61 Å². The predicted octanol–water partition coefficient (Wildman–Crippen LogP) is 1.16. The number of likely N-dealkylation sites (tertiary alicyclic amines) is 1. The summed E-state index contributed by atoms with van der Waals surface area (Å²) in [6.07, 6.45) is 1.78. The highest BCUT2D eigenvalue weighted by Crippen LogP contribution is 2.24. The zero-order valence-electron chi connectivity index (χ0n) is 14.0. The van der Waals surface area contributed by atoms with Gasteiger partial charge in [0.2, 0.25) is 5.91 Å². The molecule has 0 N–H and O–H groups in total. The number of fused-ring (bicyclic) bond motifs is 1. The van der Waals surface area contributed by atoms with Gasteiger partial charge < -0.3 is 14.2 Å². The van der Waals surface area contributed by atoms with Crippen molar-refractivity contribution in [1.29, 1.82) is 0 Å². The van der Waals surface area contributed by atoms with Crippen LogP contribution in [0, 0.1) is 5.92 Å². The third-order valence-corrected chi connectivity index (χ3v) is 4.91. The number of ether oxygens (including phenoxy) is 1. The molecular formula is C18H19N3O4. The van der Waals surface area contributed by atoms with Crippen LogP contribution in [0.4, 0.5) is 4.79 Å². The van der Waals surface area contributed by atoms with Gasteiger partial charge in [-0.05, 0) is 11.6 Å². The van der Waals surface area contributed by atoms with Crippen molar-refractivity contribution in [3.63, 3.8) is 0 Å². The molecule has 3 amide bonds. The standard InChI is InChI=1S/C18H19N3O4/c1-19-10-13(14-4-2-3-5-15(14)19)6-16(22)20-7-12(8-20)9-21-17(23)11-25-18(21)24/h2-5,10,12H,6-9,11H2,1H3. The number of hydrogen-bond acceptors (Lipinski definition) is 4. The Morgan fingerprint density at radius 1 is 1.24 bits per heavy atom. The molecule has 3 heterocycles. The Balaban J connectivity index is 1.36. The van der Waals surface area contributed by atoms with Crippen molar-refractivity contribution in [3.8, 4) is 0 Å². The number of carbonyl (C=O) groups is 3. The molecule has 0 atom stereocenters. The molecule has 2 aliphatic heterocycles. The number of benzene rings is 1. The topological polar surface area (TPSA) is 71.8 Å². The molecular weight excluding hydrogens is 322 g/mol. The van der Waals surface area contributed by atoms with Crippen LogP contribution in [-0.2, 0) is 27.8 Å². The van der Waals surface area contributed by atoms with Gasteiger partial charge in [0, 0.05) is 49.7 Å². The van der Waals surface area contributed by atoms with E-state index >= 15 is 0 Å². The van der Waals surface area contributed by atoms with Gasteiger partial charge in [0.25, 0.3) is 5.91 Å². The van der Waals surface area contributed by atoms with Crippen molar-refractivity contribution < 1.29 is 19.1 Å². The number of amides is 3. The molecule has 0 spiro atoms. The van der Waals surface area contributed by atoms with E-state index in [1.165, 1.54) is 0 Å². The van der Waals surface area contributed by atoms with E-state index in [1.54, 1.807) is 4.90 Å². The molecule has 0 aliphatic carbocycles. The van der Waals surface area contributed by atoms with Crippen LogP contribution >= 0.6 is 0 Å². The summed E-state index contributed by atoms with van der Waals surface area (Å²) in [5.74, 6) is -0.0977. The van der Waals surface area contributed by atoms with E-state index in [1.807, 2.05) is 42.1 Å². The summed E-state index contributed by atoms with van der Waals surface area (Å²) in [7, 11) is 1.97. The third kappa shape index (κ3) is 2.75. The van der Waals surface area contributed by atoms with Crippen molar-refractivity contribution in [2.24, 2.45) is 13.0 Å². The third-order valence-electron chi connectivity index (χ3n) is 4.91. The summed E-state index contributed by atoms with van der Waals surface area (Å²) in [5, 5.41) is 1.10. The second kappa shape index (κ2) is 5.91. The molecule has 130 valence electrons. The van der Waals surface area contributed by atoms with Crippen LogP contribution in [0.15, 0.2) is 30.5 Å². The van der Waals surface area contributed by atoms with Crippen molar-refractivity contribution in [2.45, 2.75) is 6.42 Å². The number of aryl methyl sites for hydroxylation is 1. The fraction of sp³-hybridized carbons (Fsp3) is 0.389. The van der Waals surface area contributed by atoms with E-state index in [9.17, 15) is 14.4 Å². The lowest BCUT2D eigenvalue weighted by atomic mass is 9.98. The van der Waals surface area contributed by atoms with Gasteiger partial charge in [-0.15, -0.1) is 0 Å². The average Bonchev–Trinajstić information content (AvgIpc) is 3.04. The first kappa shape index (κ1) is 15.7. The second-order valence-corrected chi connectivity index (χ2v) is 6.68. The summed E-state index contributed by atoms with van der Waals surface area (Å²) in [5.41, 5.74) is 2.13. The van der Waals surface area contributed by atoms with E-state index in [4.69, 9.17) is 4.74 Å². The van der Waals surface area contributed by atoms with E-state index in [0.717, 1.165) is 21.4 Å². The lowest BCUT2D eigenvalue weighted by Crippen LogP contribution is -2.54. The number of cyclic esters (lactones) is 1. The number of aromatic nitrogens is 1. The molecule has 7 heteroatoms. The highest BCUT2D eigenvalue weighted by molar-refractivity contribution is 5.97. The van der Waals surface area contributed by atoms with Crippen molar-refractivity contribution in [3.05, 3.63) is 36.0 Å². The van der Waals surface area contributed by atoms with Crippen LogP contribution in [-0.4, -0.2) is 58.5 Å². The molecule has 2 saturated heterocycles. The van der Waals surface area contributed by atoms with Gasteiger partial charge >= 0.3 is 6.09 Å². The summed E-state index contributed by atoms with van der Waals surface area (Å²) in [4.78, 5) is 38.4. The first-order valence-electron chi connectivity index (χ1n) is 8.31. The fourth-order valence-corrected chi connectivity index (χ4v) is 3.55. The maximum Gasteiger partial charge on any atom is 0.417 e. The lowest BCUT2D eigenvalue weighted by Gasteiger charge is -2.40. The molecule has 1 aromatic heterocycles. The molecule has 2 fully saturated rings. The highest BCUT2D eigenvalue weighted by Gasteiger charge is 2.38. The molecule has 1 aromatic carbocycles. The summed E-state index contributed by atoms with van der Waals surface area (Å²) < 4.78 is 6.73. The van der Waals surface area contributed by atoms with Gasteiger partial charge in [0.05, 0.1) is 6.42 Å². The smallest absolute Gasteiger partial charge is 0.417 e. The molecule has 25 heavy (non-hydrogen) atoms. The molecule has 4 rings (SSSR count). The molecule has 2 aromatic rings. The molecule has 0 radical (unpaired) electrons. The zero-order valence-corrected chi connectivity index (χ0v) is 14.0. The van der Waals surface area contributed by atoms with E-state index < -0.39 is 6.09 Å². The SMILES string of the molecule is Cn1cc(CC(=O)N2CC(CN3C(=O)COC3=O)C2)c2ccccc21. The van der Waals surface area contributed by atoms with Crippen LogP contribution in [0.1, 0.15) is 5.56 Å². The van der Waals surface area contributed by atoms with E-state index in [-0.39, 0.29) is 24.3 Å². The monoisotopic (exact) mass is 341 g/mol. The van der Waals surface area contributed by atoms with Crippen molar-refractivity contribution in [1.82, 2.24) is 14.4 Å².